The fraction of sp³-hybridized carbons (Fsp3) is 0.100. The van der Waals surface area contributed by atoms with Gasteiger partial charge < -0.3 is 9.73 Å². The number of aromatic nitrogens is 4. The van der Waals surface area contributed by atoms with E-state index in [9.17, 15) is 4.79 Å². The van der Waals surface area contributed by atoms with Crippen LogP contribution in [0.15, 0.2) is 92.4 Å². The van der Waals surface area contributed by atoms with Gasteiger partial charge in [-0.2, -0.15) is 0 Å². The normalized spacial score (nSPS) is 10.8. The summed E-state index contributed by atoms with van der Waals surface area (Å²) in [5, 5.41) is 15.2. The van der Waals surface area contributed by atoms with E-state index in [2.05, 4.69) is 20.8 Å². The lowest BCUT2D eigenvalue weighted by Crippen LogP contribution is -2.15. The van der Waals surface area contributed by atoms with E-state index in [0.717, 1.165) is 21.2 Å². The van der Waals surface area contributed by atoms with E-state index < -0.39 is 0 Å². The zero-order valence-corrected chi connectivity index (χ0v) is 16.9. The standard InChI is InChI=1S/C20H17N5O2S2/c26-19(14-28-20-22-23-24-25(20)13-15-7-6-12-27-15)21-17-10-4-5-11-18(17)29-16-8-2-1-3-9-16/h1-12H,13-14H2,(H,21,26). The van der Waals surface area contributed by atoms with E-state index in [1.807, 2.05) is 66.7 Å². The number of furan rings is 1. The number of hydrogen-bond acceptors (Lipinski definition) is 7. The minimum absolute atomic E-state index is 0.122. The van der Waals surface area contributed by atoms with Gasteiger partial charge >= 0.3 is 0 Å². The van der Waals surface area contributed by atoms with Crippen molar-refractivity contribution in [3.8, 4) is 0 Å². The van der Waals surface area contributed by atoms with Crippen LogP contribution in [0.5, 0.6) is 0 Å². The van der Waals surface area contributed by atoms with E-state index in [-0.39, 0.29) is 11.7 Å². The SMILES string of the molecule is O=C(CSc1nnnn1Cc1ccco1)Nc1ccccc1Sc1ccccc1. The third-order valence-electron chi connectivity index (χ3n) is 3.85. The number of benzene rings is 2. The smallest absolute Gasteiger partial charge is 0.234 e. The fourth-order valence-corrected chi connectivity index (χ4v) is 4.14. The molecule has 0 aliphatic rings. The van der Waals surface area contributed by atoms with E-state index in [1.165, 1.54) is 11.8 Å². The van der Waals surface area contributed by atoms with Crippen molar-refractivity contribution >= 4 is 35.1 Å². The lowest BCUT2D eigenvalue weighted by Gasteiger charge is -2.10. The monoisotopic (exact) mass is 423 g/mol. The molecule has 0 saturated carbocycles. The highest BCUT2D eigenvalue weighted by Crippen LogP contribution is 2.33. The molecule has 2 aromatic heterocycles. The summed E-state index contributed by atoms with van der Waals surface area (Å²) < 4.78 is 6.93. The molecule has 2 aromatic carbocycles. The number of para-hydroxylation sites is 1. The summed E-state index contributed by atoms with van der Waals surface area (Å²) in [6, 6.07) is 21.5. The van der Waals surface area contributed by atoms with Crippen molar-refractivity contribution in [2.24, 2.45) is 0 Å². The molecule has 0 atom stereocenters. The van der Waals surface area contributed by atoms with Crippen molar-refractivity contribution in [2.45, 2.75) is 21.5 Å². The minimum atomic E-state index is -0.122. The molecule has 7 nitrogen and oxygen atoms in total. The molecule has 0 radical (unpaired) electrons. The maximum atomic E-state index is 12.5. The number of amides is 1. The second-order valence-electron chi connectivity index (χ2n) is 5.95. The Bertz CT molecular complexity index is 1070. The van der Waals surface area contributed by atoms with Gasteiger partial charge in [0.05, 0.1) is 17.7 Å². The summed E-state index contributed by atoms with van der Waals surface area (Å²) in [4.78, 5) is 14.6. The van der Waals surface area contributed by atoms with E-state index in [1.54, 1.807) is 22.7 Å². The molecule has 0 saturated heterocycles. The molecule has 0 aliphatic carbocycles. The Morgan fingerprint density at radius 1 is 1.03 bits per heavy atom. The third kappa shape index (κ3) is 5.27. The first-order valence-electron chi connectivity index (χ1n) is 8.81. The Morgan fingerprint density at radius 2 is 1.86 bits per heavy atom. The number of anilines is 1. The largest absolute Gasteiger partial charge is 0.467 e. The number of hydrogen-bond donors (Lipinski definition) is 1. The summed E-state index contributed by atoms with van der Waals surface area (Å²) >= 11 is 2.89. The van der Waals surface area contributed by atoms with Gasteiger partial charge in [0.25, 0.3) is 0 Å². The van der Waals surface area contributed by atoms with Crippen molar-refractivity contribution in [1.82, 2.24) is 20.2 Å². The maximum absolute atomic E-state index is 12.5. The van der Waals surface area contributed by atoms with Gasteiger partial charge in [-0.3, -0.25) is 4.79 Å². The topological polar surface area (TPSA) is 85.8 Å². The van der Waals surface area contributed by atoms with Crippen molar-refractivity contribution in [3.05, 3.63) is 78.8 Å². The van der Waals surface area contributed by atoms with Gasteiger partial charge in [-0.1, -0.05) is 53.9 Å². The number of rotatable bonds is 8. The highest BCUT2D eigenvalue weighted by molar-refractivity contribution is 8.00. The predicted octanol–water partition coefficient (Wildman–Crippen LogP) is 4.20. The number of nitrogens with one attached hydrogen (secondary N) is 1. The summed E-state index contributed by atoms with van der Waals surface area (Å²) in [7, 11) is 0. The van der Waals surface area contributed by atoms with Crippen LogP contribution in [0, 0.1) is 0 Å². The average molecular weight is 424 g/mol. The average Bonchev–Trinajstić information content (AvgIpc) is 3.41. The summed E-state index contributed by atoms with van der Waals surface area (Å²) in [6.45, 7) is 0.417. The Hall–Kier alpha value is -3.04. The number of carbonyl (C=O) groups excluding carboxylic acids is 1. The van der Waals surface area contributed by atoms with Gasteiger partial charge in [0.2, 0.25) is 11.1 Å². The molecule has 1 amide bonds. The van der Waals surface area contributed by atoms with E-state index in [0.29, 0.717) is 11.7 Å². The molecule has 9 heteroatoms. The lowest BCUT2D eigenvalue weighted by molar-refractivity contribution is -0.113. The third-order valence-corrected chi connectivity index (χ3v) is 5.89. The molecule has 4 aromatic rings. The molecule has 4 rings (SSSR count). The molecule has 0 aliphatic heterocycles. The van der Waals surface area contributed by atoms with E-state index in [4.69, 9.17) is 4.42 Å². The molecule has 0 spiro atoms. The molecular formula is C20H17N5O2S2. The number of nitrogens with zero attached hydrogens (tertiary/aromatic N) is 4. The van der Waals surface area contributed by atoms with Gasteiger partial charge in [0, 0.05) is 9.79 Å². The second-order valence-corrected chi connectivity index (χ2v) is 8.00. The van der Waals surface area contributed by atoms with Crippen molar-refractivity contribution in [3.63, 3.8) is 0 Å². The van der Waals surface area contributed by atoms with Crippen LogP contribution in [0.2, 0.25) is 0 Å². The van der Waals surface area contributed by atoms with Gasteiger partial charge in [-0.25, -0.2) is 4.68 Å². The fourth-order valence-electron chi connectivity index (χ4n) is 2.54. The van der Waals surface area contributed by atoms with Crippen molar-refractivity contribution in [1.29, 1.82) is 0 Å². The molecule has 0 fully saturated rings. The van der Waals surface area contributed by atoms with Crippen LogP contribution in [-0.2, 0) is 11.3 Å². The Labute approximate surface area is 175 Å². The first-order valence-corrected chi connectivity index (χ1v) is 10.6. The molecule has 2 heterocycles. The van der Waals surface area contributed by atoms with Crippen LogP contribution in [-0.4, -0.2) is 31.9 Å². The van der Waals surface area contributed by atoms with Crippen LogP contribution in [0.4, 0.5) is 5.69 Å². The summed E-state index contributed by atoms with van der Waals surface area (Å²) in [5.41, 5.74) is 0.780. The Balaban J connectivity index is 1.37. The second kappa shape index (κ2) is 9.44. The highest BCUT2D eigenvalue weighted by Gasteiger charge is 2.13. The van der Waals surface area contributed by atoms with Crippen LogP contribution < -0.4 is 5.32 Å². The number of thioether (sulfide) groups is 1. The zero-order valence-electron chi connectivity index (χ0n) is 15.3. The molecular weight excluding hydrogens is 406 g/mol. The molecule has 29 heavy (non-hydrogen) atoms. The quantitative estimate of drug-likeness (QED) is 0.425. The first-order chi connectivity index (χ1) is 14.3. The zero-order chi connectivity index (χ0) is 19.9. The molecule has 146 valence electrons. The van der Waals surface area contributed by atoms with Crippen LogP contribution in [0.25, 0.3) is 0 Å². The van der Waals surface area contributed by atoms with Crippen LogP contribution >= 0.6 is 23.5 Å². The van der Waals surface area contributed by atoms with Gasteiger partial charge in [-0.15, -0.1) is 5.10 Å². The Kier molecular flexibility index (Phi) is 6.28. The lowest BCUT2D eigenvalue weighted by atomic mass is 10.3. The van der Waals surface area contributed by atoms with Crippen molar-refractivity contribution < 1.29 is 9.21 Å². The first kappa shape index (κ1) is 19.3. The predicted molar refractivity (Wildman–Crippen MR) is 112 cm³/mol. The van der Waals surface area contributed by atoms with Gasteiger partial charge in [-0.05, 0) is 46.8 Å². The summed E-state index contributed by atoms with van der Waals surface area (Å²) in [5.74, 6) is 0.821. The van der Waals surface area contributed by atoms with E-state index >= 15 is 0 Å². The van der Waals surface area contributed by atoms with Crippen LogP contribution in [0.3, 0.4) is 0 Å². The minimum Gasteiger partial charge on any atom is -0.467 e. The number of tetrazole rings is 1. The van der Waals surface area contributed by atoms with Crippen LogP contribution in [0.1, 0.15) is 5.76 Å². The highest BCUT2D eigenvalue weighted by atomic mass is 32.2. The molecule has 0 unspecified atom stereocenters. The number of carbonyl (C=O) groups is 1. The maximum Gasteiger partial charge on any atom is 0.234 e. The van der Waals surface area contributed by atoms with Gasteiger partial charge in [0.15, 0.2) is 0 Å². The van der Waals surface area contributed by atoms with Gasteiger partial charge in [0.1, 0.15) is 12.3 Å². The van der Waals surface area contributed by atoms with Crippen molar-refractivity contribution in [2.75, 3.05) is 11.1 Å². The summed E-state index contributed by atoms with van der Waals surface area (Å²) in [6.07, 6.45) is 1.60. The Morgan fingerprint density at radius 3 is 2.69 bits per heavy atom. The molecule has 0 bridgehead atoms. The molecule has 1 N–H and O–H groups in total.